The molecule has 0 radical (unpaired) electrons. The molecule has 1 saturated heterocycles. The summed E-state index contributed by atoms with van der Waals surface area (Å²) in [4.78, 5) is 28.1. The summed E-state index contributed by atoms with van der Waals surface area (Å²) >= 11 is 1.66. The minimum atomic E-state index is -1.05. The number of likely N-dealkylation sites (tertiary alicyclic amines) is 1. The average molecular weight is 450 g/mol. The van der Waals surface area contributed by atoms with E-state index in [1.54, 1.807) is 25.2 Å². The molecule has 0 aliphatic carbocycles. The van der Waals surface area contributed by atoms with E-state index >= 15 is 0 Å². The second-order valence-corrected chi connectivity index (χ2v) is 10.1. The number of hydrogen-bond donors (Lipinski definition) is 2. The fraction of sp³-hybridized carbons (Fsp3) is 0.385. The highest BCUT2D eigenvalue weighted by atomic mass is 32.1. The summed E-state index contributed by atoms with van der Waals surface area (Å²) in [6.07, 6.45) is 2.32. The number of piperidine rings is 1. The van der Waals surface area contributed by atoms with Gasteiger partial charge in [0.15, 0.2) is 0 Å². The highest BCUT2D eigenvalue weighted by molar-refractivity contribution is 7.17. The van der Waals surface area contributed by atoms with Gasteiger partial charge in [-0.05, 0) is 60.6 Å². The van der Waals surface area contributed by atoms with E-state index in [4.69, 9.17) is 5.73 Å². The molecule has 1 aliphatic heterocycles. The van der Waals surface area contributed by atoms with Gasteiger partial charge in [0, 0.05) is 24.2 Å². The SMILES string of the molecule is CC(C)(N)C(=O)N[C@H](Cc1csc2ccccc12)C(=O)N1CCC(c2ccccc2)CC1. The molecule has 1 fully saturated rings. The Morgan fingerprint density at radius 1 is 1.09 bits per heavy atom. The first kappa shape index (κ1) is 22.5. The molecule has 1 atom stereocenters. The number of nitrogens with two attached hydrogens (primary N) is 1. The molecule has 2 heterocycles. The maximum absolute atomic E-state index is 13.5. The summed E-state index contributed by atoms with van der Waals surface area (Å²) in [5, 5.41) is 6.18. The molecule has 32 heavy (non-hydrogen) atoms. The molecule has 0 saturated carbocycles. The zero-order chi connectivity index (χ0) is 22.7. The van der Waals surface area contributed by atoms with Crippen molar-refractivity contribution in [2.75, 3.05) is 13.1 Å². The number of nitrogens with zero attached hydrogens (tertiary/aromatic N) is 1. The number of fused-ring (bicyclic) bond motifs is 1. The lowest BCUT2D eigenvalue weighted by Crippen LogP contribution is -2.57. The van der Waals surface area contributed by atoms with Crippen molar-refractivity contribution in [3.63, 3.8) is 0 Å². The molecular formula is C26H31N3O2S. The summed E-state index contributed by atoms with van der Waals surface area (Å²) in [6, 6.07) is 18.0. The van der Waals surface area contributed by atoms with Crippen LogP contribution in [0.15, 0.2) is 60.0 Å². The van der Waals surface area contributed by atoms with E-state index in [2.05, 4.69) is 47.1 Å². The normalized spacial score (nSPS) is 16.2. The lowest BCUT2D eigenvalue weighted by molar-refractivity contribution is -0.138. The maximum atomic E-state index is 13.5. The van der Waals surface area contributed by atoms with Crippen molar-refractivity contribution in [3.8, 4) is 0 Å². The highest BCUT2D eigenvalue weighted by Crippen LogP contribution is 2.29. The van der Waals surface area contributed by atoms with Crippen LogP contribution in [-0.2, 0) is 16.0 Å². The van der Waals surface area contributed by atoms with Gasteiger partial charge in [0.25, 0.3) is 0 Å². The van der Waals surface area contributed by atoms with Crippen LogP contribution in [0.4, 0.5) is 0 Å². The Morgan fingerprint density at radius 3 is 2.44 bits per heavy atom. The standard InChI is InChI=1S/C26H31N3O2S/c1-26(2,27)25(31)28-22(16-20-17-32-23-11-7-6-10-21(20)23)24(30)29-14-12-19(13-15-29)18-8-4-3-5-9-18/h3-11,17,19,22H,12-16,27H2,1-2H3,(H,28,31)/t22-/m1/s1. The summed E-state index contributed by atoms with van der Waals surface area (Å²) in [5.41, 5.74) is 7.39. The van der Waals surface area contributed by atoms with Crippen molar-refractivity contribution >= 4 is 33.2 Å². The van der Waals surface area contributed by atoms with Gasteiger partial charge in [0.2, 0.25) is 11.8 Å². The molecule has 5 nitrogen and oxygen atoms in total. The Kier molecular flexibility index (Phi) is 6.63. The Bertz CT molecular complexity index is 1080. The van der Waals surface area contributed by atoms with Gasteiger partial charge < -0.3 is 16.0 Å². The second-order valence-electron chi connectivity index (χ2n) is 9.22. The first-order valence-corrected chi connectivity index (χ1v) is 12.1. The first-order chi connectivity index (χ1) is 15.3. The van der Waals surface area contributed by atoms with Crippen LogP contribution in [0.2, 0.25) is 0 Å². The van der Waals surface area contributed by atoms with Crippen LogP contribution in [-0.4, -0.2) is 41.4 Å². The van der Waals surface area contributed by atoms with Crippen LogP contribution in [0, 0.1) is 0 Å². The monoisotopic (exact) mass is 449 g/mol. The molecule has 0 spiro atoms. The zero-order valence-electron chi connectivity index (χ0n) is 18.7. The molecular weight excluding hydrogens is 418 g/mol. The second kappa shape index (κ2) is 9.43. The Hall–Kier alpha value is -2.70. The first-order valence-electron chi connectivity index (χ1n) is 11.2. The zero-order valence-corrected chi connectivity index (χ0v) is 19.5. The molecule has 6 heteroatoms. The average Bonchev–Trinajstić information content (AvgIpc) is 3.21. The number of thiophene rings is 1. The van der Waals surface area contributed by atoms with Gasteiger partial charge in [0.1, 0.15) is 6.04 Å². The molecule has 3 aromatic rings. The van der Waals surface area contributed by atoms with E-state index in [1.165, 1.54) is 10.3 Å². The highest BCUT2D eigenvalue weighted by Gasteiger charge is 2.33. The number of carbonyl (C=O) groups is 2. The van der Waals surface area contributed by atoms with Crippen molar-refractivity contribution in [1.82, 2.24) is 10.2 Å². The Morgan fingerprint density at radius 2 is 1.75 bits per heavy atom. The van der Waals surface area contributed by atoms with Crippen LogP contribution >= 0.6 is 11.3 Å². The minimum Gasteiger partial charge on any atom is -0.342 e. The maximum Gasteiger partial charge on any atom is 0.245 e. The summed E-state index contributed by atoms with van der Waals surface area (Å²) in [7, 11) is 0. The fourth-order valence-electron chi connectivity index (χ4n) is 4.33. The summed E-state index contributed by atoms with van der Waals surface area (Å²) in [6.45, 7) is 4.72. The number of rotatable bonds is 6. The fourth-order valence-corrected chi connectivity index (χ4v) is 5.31. The van der Waals surface area contributed by atoms with E-state index in [-0.39, 0.29) is 11.8 Å². The Labute approximate surface area is 193 Å². The molecule has 3 N–H and O–H groups in total. The number of carbonyl (C=O) groups excluding carboxylic acids is 2. The van der Waals surface area contributed by atoms with E-state index in [9.17, 15) is 9.59 Å². The molecule has 1 aromatic heterocycles. The van der Waals surface area contributed by atoms with Crippen molar-refractivity contribution in [2.45, 2.75) is 50.6 Å². The topological polar surface area (TPSA) is 75.4 Å². The van der Waals surface area contributed by atoms with Gasteiger partial charge in [-0.15, -0.1) is 11.3 Å². The number of hydrogen-bond acceptors (Lipinski definition) is 4. The van der Waals surface area contributed by atoms with Crippen LogP contribution in [0.25, 0.3) is 10.1 Å². The third-order valence-corrected chi connectivity index (χ3v) is 7.26. The van der Waals surface area contributed by atoms with Crippen LogP contribution in [0.3, 0.4) is 0 Å². The van der Waals surface area contributed by atoms with Crippen molar-refractivity contribution in [1.29, 1.82) is 0 Å². The van der Waals surface area contributed by atoms with Crippen LogP contribution in [0.1, 0.15) is 43.7 Å². The minimum absolute atomic E-state index is 0.0237. The quantitative estimate of drug-likeness (QED) is 0.596. The van der Waals surface area contributed by atoms with Crippen molar-refractivity contribution < 1.29 is 9.59 Å². The molecule has 0 unspecified atom stereocenters. The molecule has 0 bridgehead atoms. The van der Waals surface area contributed by atoms with Crippen LogP contribution < -0.4 is 11.1 Å². The van der Waals surface area contributed by atoms with E-state index in [0.717, 1.165) is 23.8 Å². The van der Waals surface area contributed by atoms with Gasteiger partial charge in [-0.3, -0.25) is 9.59 Å². The summed E-state index contributed by atoms with van der Waals surface area (Å²) in [5.74, 6) is 0.135. The molecule has 2 amide bonds. The van der Waals surface area contributed by atoms with Gasteiger partial charge in [-0.2, -0.15) is 0 Å². The van der Waals surface area contributed by atoms with Crippen molar-refractivity contribution in [2.24, 2.45) is 5.73 Å². The van der Waals surface area contributed by atoms with Gasteiger partial charge in [-0.25, -0.2) is 0 Å². The third kappa shape index (κ3) is 5.03. The summed E-state index contributed by atoms with van der Waals surface area (Å²) < 4.78 is 1.18. The molecule has 168 valence electrons. The van der Waals surface area contributed by atoms with E-state index < -0.39 is 11.6 Å². The van der Waals surface area contributed by atoms with Crippen LogP contribution in [0.5, 0.6) is 0 Å². The third-order valence-electron chi connectivity index (χ3n) is 6.25. The molecule has 2 aromatic carbocycles. The Balaban J connectivity index is 1.50. The van der Waals surface area contributed by atoms with Crippen molar-refractivity contribution in [3.05, 3.63) is 71.1 Å². The molecule has 1 aliphatic rings. The van der Waals surface area contributed by atoms with E-state index in [1.807, 2.05) is 23.1 Å². The predicted octanol–water partition coefficient (Wildman–Crippen LogP) is 4.07. The van der Waals surface area contributed by atoms with E-state index in [0.29, 0.717) is 25.4 Å². The van der Waals surface area contributed by atoms with Gasteiger partial charge in [-0.1, -0.05) is 48.5 Å². The lowest BCUT2D eigenvalue weighted by atomic mass is 9.89. The lowest BCUT2D eigenvalue weighted by Gasteiger charge is -2.35. The predicted molar refractivity (Wildman–Crippen MR) is 131 cm³/mol. The van der Waals surface area contributed by atoms with Gasteiger partial charge >= 0.3 is 0 Å². The van der Waals surface area contributed by atoms with Gasteiger partial charge in [0.05, 0.1) is 5.54 Å². The largest absolute Gasteiger partial charge is 0.342 e. The number of amides is 2. The number of nitrogens with one attached hydrogen (secondary N) is 1. The smallest absolute Gasteiger partial charge is 0.245 e. The molecule has 4 rings (SSSR count). The number of benzene rings is 2.